The summed E-state index contributed by atoms with van der Waals surface area (Å²) in [7, 11) is 0. The first-order valence-electron chi connectivity index (χ1n) is 16.1. The minimum atomic E-state index is -0.705. The summed E-state index contributed by atoms with van der Waals surface area (Å²) >= 11 is 0. The standard InChI is InChI=1S/2C16H14F2NO.2C5H5.Ti/c2*17-14-9-8-12(15(18)11-14)7-4-10-19-16(20)13-5-2-1-3-6-13;2*1-2-4-5-3-1;/h2*1-3,5-6,8-9H,4,7,10H2,(H,19,20);2*1-5H;/q4*-1;+4. The molecule has 2 N–H and O–H groups in total. The first-order valence-corrected chi connectivity index (χ1v) is 16.1. The number of halogens is 4. The smallest absolute Gasteiger partial charge is 0.352 e. The van der Waals surface area contributed by atoms with Gasteiger partial charge in [0.05, 0.1) is 0 Å². The van der Waals surface area contributed by atoms with Gasteiger partial charge >= 0.3 is 21.7 Å². The Kier molecular flexibility index (Phi) is 20.6. The molecule has 6 aromatic carbocycles. The van der Waals surface area contributed by atoms with Crippen molar-refractivity contribution in [3.63, 3.8) is 0 Å². The van der Waals surface area contributed by atoms with E-state index in [9.17, 15) is 27.2 Å². The number of amides is 2. The average molecular weight is 727 g/mol. The van der Waals surface area contributed by atoms with Crippen molar-refractivity contribution in [2.75, 3.05) is 13.1 Å². The fourth-order valence-electron chi connectivity index (χ4n) is 4.32. The maximum absolute atomic E-state index is 13.3. The Morgan fingerprint density at radius 3 is 1.16 bits per heavy atom. The molecule has 0 bridgehead atoms. The predicted molar refractivity (Wildman–Crippen MR) is 189 cm³/mol. The second-order valence-corrected chi connectivity index (χ2v) is 10.7. The Balaban J connectivity index is 0.000000273. The molecule has 0 atom stereocenters. The number of hydrogen-bond acceptors (Lipinski definition) is 2. The van der Waals surface area contributed by atoms with Gasteiger partial charge in [0, 0.05) is 47.5 Å². The van der Waals surface area contributed by atoms with Crippen molar-refractivity contribution in [1.82, 2.24) is 10.6 Å². The minimum absolute atomic E-state index is 0. The molecule has 4 nitrogen and oxygen atoms in total. The molecule has 51 heavy (non-hydrogen) atoms. The van der Waals surface area contributed by atoms with Gasteiger partial charge in [-0.25, -0.2) is 41.8 Å². The number of aryl methyl sites for hydroxylation is 2. The van der Waals surface area contributed by atoms with E-state index in [1.807, 2.05) is 84.9 Å². The van der Waals surface area contributed by atoms with Crippen LogP contribution in [-0.2, 0) is 34.6 Å². The molecule has 0 unspecified atom stereocenters. The van der Waals surface area contributed by atoms with E-state index in [1.54, 1.807) is 48.5 Å². The molecule has 0 saturated carbocycles. The maximum Gasteiger partial charge on any atom is 4.00 e. The Hall–Kier alpha value is -5.05. The molecule has 6 aromatic rings. The van der Waals surface area contributed by atoms with Crippen LogP contribution in [0.1, 0.15) is 44.7 Å². The zero-order valence-corrected chi connectivity index (χ0v) is 29.5. The SMILES string of the molecule is O=C(NCCCc1ccc(F)[c-]c1F)c1ccccc1.O=C(NCCCc1ccc(F)[c-]c1F)c1ccccc1.[Ti+4].c1cc[cH-]c1.c1cc[cH-]c1. The van der Waals surface area contributed by atoms with Crippen molar-refractivity contribution in [2.24, 2.45) is 0 Å². The summed E-state index contributed by atoms with van der Waals surface area (Å²) in [5.41, 5.74) is 1.99. The molecule has 0 aliphatic heterocycles. The number of rotatable bonds is 10. The zero-order valence-electron chi connectivity index (χ0n) is 27.9. The summed E-state index contributed by atoms with van der Waals surface area (Å²) in [6, 6.07) is 46.9. The summed E-state index contributed by atoms with van der Waals surface area (Å²) in [6.07, 6.45) is 2.01. The normalized spacial score (nSPS) is 9.65. The molecule has 9 heteroatoms. The monoisotopic (exact) mass is 726 g/mol. The van der Waals surface area contributed by atoms with Gasteiger partial charge in [-0.3, -0.25) is 9.59 Å². The second-order valence-electron chi connectivity index (χ2n) is 10.7. The van der Waals surface area contributed by atoms with Crippen LogP contribution in [0.3, 0.4) is 0 Å². The Morgan fingerprint density at radius 1 is 0.510 bits per heavy atom. The average Bonchev–Trinajstić information content (AvgIpc) is 3.92. The van der Waals surface area contributed by atoms with E-state index in [0.29, 0.717) is 61.0 Å². The molecule has 0 aliphatic rings. The van der Waals surface area contributed by atoms with Crippen molar-refractivity contribution in [3.8, 4) is 0 Å². The number of carbonyl (C=O) groups excluding carboxylic acids is 2. The van der Waals surface area contributed by atoms with E-state index in [4.69, 9.17) is 0 Å². The number of hydrogen-bond donors (Lipinski definition) is 2. The molecule has 0 saturated heterocycles. The van der Waals surface area contributed by atoms with Crippen LogP contribution < -0.4 is 10.6 Å². The quantitative estimate of drug-likeness (QED) is 0.0641. The van der Waals surface area contributed by atoms with Gasteiger partial charge in [-0.2, -0.15) is 48.5 Å². The van der Waals surface area contributed by atoms with E-state index >= 15 is 0 Å². The first-order chi connectivity index (χ1) is 24.3. The number of benzene rings is 4. The molecule has 260 valence electrons. The molecule has 0 spiro atoms. The van der Waals surface area contributed by atoms with Crippen LogP contribution in [-0.4, -0.2) is 24.9 Å². The molecule has 0 heterocycles. The third kappa shape index (κ3) is 17.4. The van der Waals surface area contributed by atoms with E-state index < -0.39 is 23.3 Å². The van der Waals surface area contributed by atoms with Crippen LogP contribution in [0.4, 0.5) is 17.6 Å². The van der Waals surface area contributed by atoms with Gasteiger partial charge in [0.2, 0.25) is 0 Å². The molecule has 0 aliphatic carbocycles. The molecule has 0 aromatic heterocycles. The molecular formula is C42H38F4N2O2Ti. The minimum Gasteiger partial charge on any atom is -0.352 e. The van der Waals surface area contributed by atoms with Crippen molar-refractivity contribution < 1.29 is 48.9 Å². The molecule has 0 radical (unpaired) electrons. The Bertz CT molecular complexity index is 1620. The number of nitrogens with one attached hydrogen (secondary N) is 2. The van der Waals surface area contributed by atoms with Crippen molar-refractivity contribution >= 4 is 11.8 Å². The van der Waals surface area contributed by atoms with Crippen LogP contribution in [0.5, 0.6) is 0 Å². The van der Waals surface area contributed by atoms with Gasteiger partial charge in [-0.1, -0.05) is 49.2 Å². The summed E-state index contributed by atoms with van der Waals surface area (Å²) in [5, 5.41) is 5.51. The van der Waals surface area contributed by atoms with Crippen molar-refractivity contribution in [1.29, 1.82) is 0 Å². The van der Waals surface area contributed by atoms with Gasteiger partial charge in [-0.15, -0.1) is 35.4 Å². The third-order valence-electron chi connectivity index (χ3n) is 6.88. The van der Waals surface area contributed by atoms with Crippen LogP contribution in [0.2, 0.25) is 0 Å². The van der Waals surface area contributed by atoms with Gasteiger partial charge < -0.3 is 10.6 Å². The summed E-state index contributed by atoms with van der Waals surface area (Å²) in [5.74, 6) is -3.06. The summed E-state index contributed by atoms with van der Waals surface area (Å²) < 4.78 is 52.0. The fourth-order valence-corrected chi connectivity index (χ4v) is 4.32. The van der Waals surface area contributed by atoms with Gasteiger partial charge in [0.25, 0.3) is 11.8 Å². The van der Waals surface area contributed by atoms with Crippen molar-refractivity contribution in [3.05, 3.63) is 203 Å². The molecule has 0 fully saturated rings. The van der Waals surface area contributed by atoms with Crippen LogP contribution in [0, 0.1) is 35.4 Å². The first kappa shape index (κ1) is 42.1. The van der Waals surface area contributed by atoms with E-state index in [2.05, 4.69) is 10.6 Å². The van der Waals surface area contributed by atoms with E-state index in [1.165, 1.54) is 24.3 Å². The molecular weight excluding hydrogens is 688 g/mol. The van der Waals surface area contributed by atoms with Gasteiger partial charge in [0.1, 0.15) is 0 Å². The second kappa shape index (κ2) is 25.0. The Labute approximate surface area is 312 Å². The maximum atomic E-state index is 13.3. The topological polar surface area (TPSA) is 58.2 Å². The summed E-state index contributed by atoms with van der Waals surface area (Å²) in [6.45, 7) is 0.870. The van der Waals surface area contributed by atoms with Gasteiger partial charge in [0.15, 0.2) is 0 Å². The number of carbonyl (C=O) groups is 2. The fraction of sp³-hybridized carbons (Fsp3) is 0.143. The largest absolute Gasteiger partial charge is 4.00 e. The van der Waals surface area contributed by atoms with Crippen LogP contribution in [0.25, 0.3) is 0 Å². The van der Waals surface area contributed by atoms with E-state index in [-0.39, 0.29) is 33.5 Å². The van der Waals surface area contributed by atoms with Crippen LogP contribution >= 0.6 is 0 Å². The Morgan fingerprint density at radius 2 is 0.863 bits per heavy atom. The predicted octanol–water partition coefficient (Wildman–Crippen LogP) is 9.06. The van der Waals surface area contributed by atoms with E-state index in [0.717, 1.165) is 0 Å². The molecule has 2 amide bonds. The third-order valence-corrected chi connectivity index (χ3v) is 6.88. The zero-order chi connectivity index (χ0) is 35.8. The van der Waals surface area contributed by atoms with Crippen LogP contribution in [0.15, 0.2) is 146 Å². The van der Waals surface area contributed by atoms with Crippen molar-refractivity contribution in [2.45, 2.75) is 25.7 Å². The molecule has 6 rings (SSSR count). The summed E-state index contributed by atoms with van der Waals surface area (Å²) in [4.78, 5) is 23.5. The van der Waals surface area contributed by atoms with Gasteiger partial charge in [-0.05, 0) is 37.1 Å².